The van der Waals surface area contributed by atoms with E-state index in [4.69, 9.17) is 28.9 Å². The molecule has 0 radical (unpaired) electrons. The summed E-state index contributed by atoms with van der Waals surface area (Å²) in [4.78, 5) is 23.1. The Balaban J connectivity index is 2.10. The summed E-state index contributed by atoms with van der Waals surface area (Å²) >= 11 is 11.9. The second-order valence-electron chi connectivity index (χ2n) is 4.28. The van der Waals surface area contributed by atoms with Gasteiger partial charge in [0.2, 0.25) is 6.54 Å². The van der Waals surface area contributed by atoms with Crippen LogP contribution in [-0.4, -0.2) is 11.8 Å². The SMILES string of the molecule is NC(=O)c1ccc[n+](CC(=O)Nc2cccc(Cl)c2Cl)c1. The summed E-state index contributed by atoms with van der Waals surface area (Å²) in [6.07, 6.45) is 3.16. The third kappa shape index (κ3) is 3.93. The fraction of sp³-hybridized carbons (Fsp3) is 0.0714. The maximum Gasteiger partial charge on any atom is 0.290 e. The molecule has 2 amide bonds. The predicted octanol–water partition coefficient (Wildman–Crippen LogP) is 2.02. The topological polar surface area (TPSA) is 76.1 Å². The molecule has 0 aliphatic carbocycles. The zero-order valence-corrected chi connectivity index (χ0v) is 12.4. The van der Waals surface area contributed by atoms with Crippen molar-refractivity contribution in [1.29, 1.82) is 0 Å². The molecule has 0 saturated carbocycles. The van der Waals surface area contributed by atoms with E-state index in [1.165, 1.54) is 6.20 Å². The summed E-state index contributed by atoms with van der Waals surface area (Å²) in [5.41, 5.74) is 5.94. The molecular weight excluding hydrogens is 313 g/mol. The van der Waals surface area contributed by atoms with E-state index in [9.17, 15) is 9.59 Å². The van der Waals surface area contributed by atoms with Crippen molar-refractivity contribution in [1.82, 2.24) is 0 Å². The van der Waals surface area contributed by atoms with Crippen molar-refractivity contribution in [2.24, 2.45) is 5.73 Å². The highest BCUT2D eigenvalue weighted by Gasteiger charge is 2.14. The number of carbonyl (C=O) groups excluding carboxylic acids is 2. The maximum atomic E-state index is 12.0. The molecule has 5 nitrogen and oxygen atoms in total. The van der Waals surface area contributed by atoms with E-state index in [1.54, 1.807) is 41.1 Å². The van der Waals surface area contributed by atoms with Crippen LogP contribution in [0.2, 0.25) is 10.0 Å². The molecule has 108 valence electrons. The second kappa shape index (κ2) is 6.56. The Hall–Kier alpha value is -2.11. The number of nitrogens with one attached hydrogen (secondary N) is 1. The number of anilines is 1. The van der Waals surface area contributed by atoms with Crippen LogP contribution in [0.25, 0.3) is 0 Å². The Labute approximate surface area is 131 Å². The number of carbonyl (C=O) groups is 2. The van der Waals surface area contributed by atoms with Crippen LogP contribution in [-0.2, 0) is 11.3 Å². The van der Waals surface area contributed by atoms with Gasteiger partial charge < -0.3 is 11.1 Å². The second-order valence-corrected chi connectivity index (χ2v) is 5.06. The summed E-state index contributed by atoms with van der Waals surface area (Å²) in [5, 5.41) is 3.30. The van der Waals surface area contributed by atoms with Crippen molar-refractivity contribution < 1.29 is 14.2 Å². The molecule has 0 spiro atoms. The van der Waals surface area contributed by atoms with Gasteiger partial charge in [-0.3, -0.25) is 9.59 Å². The molecular formula is C14H12Cl2N3O2+. The molecule has 0 fully saturated rings. The highest BCUT2D eigenvalue weighted by atomic mass is 35.5. The molecule has 1 heterocycles. The lowest BCUT2D eigenvalue weighted by Gasteiger charge is -2.06. The molecule has 0 unspecified atom stereocenters. The first-order chi connectivity index (χ1) is 9.97. The third-order valence-electron chi connectivity index (χ3n) is 2.69. The zero-order chi connectivity index (χ0) is 15.4. The first kappa shape index (κ1) is 15.3. The van der Waals surface area contributed by atoms with Gasteiger partial charge in [-0.25, -0.2) is 0 Å². The normalized spacial score (nSPS) is 10.2. The van der Waals surface area contributed by atoms with Crippen molar-refractivity contribution in [3.63, 3.8) is 0 Å². The molecule has 7 heteroatoms. The summed E-state index contributed by atoms with van der Waals surface area (Å²) in [6, 6.07) is 8.18. The number of benzene rings is 1. The number of pyridine rings is 1. The molecule has 0 aliphatic heterocycles. The van der Waals surface area contributed by atoms with E-state index in [1.807, 2.05) is 0 Å². The molecule has 1 aromatic heterocycles. The molecule has 1 aromatic carbocycles. The number of hydrogen-bond donors (Lipinski definition) is 2. The molecule has 0 bridgehead atoms. The van der Waals surface area contributed by atoms with Crippen LogP contribution >= 0.6 is 23.2 Å². The van der Waals surface area contributed by atoms with Gasteiger partial charge in [0.1, 0.15) is 5.56 Å². The van der Waals surface area contributed by atoms with Crippen molar-refractivity contribution in [2.75, 3.05) is 5.32 Å². The number of rotatable bonds is 4. The number of halogens is 2. The van der Waals surface area contributed by atoms with Gasteiger partial charge in [-0.05, 0) is 18.2 Å². The standard InChI is InChI=1S/C14H11Cl2N3O2/c15-10-4-1-5-11(13(10)16)18-12(20)8-19-6-2-3-9(7-19)14(17)21/h1-7H,8H2,(H2-,17,18,20,21)/p+1. The highest BCUT2D eigenvalue weighted by molar-refractivity contribution is 6.43. The summed E-state index contributed by atoms with van der Waals surface area (Å²) in [5.74, 6) is -0.853. The lowest BCUT2D eigenvalue weighted by Crippen LogP contribution is -2.40. The van der Waals surface area contributed by atoms with Gasteiger partial charge in [-0.2, -0.15) is 4.57 Å². The third-order valence-corrected chi connectivity index (χ3v) is 3.51. The van der Waals surface area contributed by atoms with Gasteiger partial charge in [-0.1, -0.05) is 29.3 Å². The van der Waals surface area contributed by atoms with Crippen LogP contribution < -0.4 is 15.6 Å². The van der Waals surface area contributed by atoms with Gasteiger partial charge in [0.15, 0.2) is 12.4 Å². The fourth-order valence-electron chi connectivity index (χ4n) is 1.72. The van der Waals surface area contributed by atoms with Crippen molar-refractivity contribution in [3.05, 3.63) is 58.3 Å². The Morgan fingerprint density at radius 2 is 1.95 bits per heavy atom. The molecule has 21 heavy (non-hydrogen) atoms. The Morgan fingerprint density at radius 1 is 1.19 bits per heavy atom. The Bertz CT molecular complexity index is 704. The Morgan fingerprint density at radius 3 is 2.67 bits per heavy atom. The van der Waals surface area contributed by atoms with Crippen LogP contribution in [0.4, 0.5) is 5.69 Å². The number of hydrogen-bond acceptors (Lipinski definition) is 2. The minimum absolute atomic E-state index is 0.0178. The van der Waals surface area contributed by atoms with E-state index in [0.29, 0.717) is 16.3 Å². The first-order valence-corrected chi connectivity index (χ1v) is 6.76. The number of nitrogens with two attached hydrogens (primary N) is 1. The fourth-order valence-corrected chi connectivity index (χ4v) is 2.07. The van der Waals surface area contributed by atoms with Crippen LogP contribution in [0.5, 0.6) is 0 Å². The van der Waals surface area contributed by atoms with Crippen LogP contribution in [0.1, 0.15) is 10.4 Å². The molecule has 2 rings (SSSR count). The van der Waals surface area contributed by atoms with Crippen LogP contribution in [0.3, 0.4) is 0 Å². The van der Waals surface area contributed by atoms with Crippen LogP contribution in [0.15, 0.2) is 42.7 Å². The molecule has 0 aliphatic rings. The zero-order valence-electron chi connectivity index (χ0n) is 10.8. The van der Waals surface area contributed by atoms with E-state index in [-0.39, 0.29) is 17.5 Å². The van der Waals surface area contributed by atoms with E-state index in [0.717, 1.165) is 0 Å². The largest absolute Gasteiger partial charge is 0.365 e. The van der Waals surface area contributed by atoms with E-state index in [2.05, 4.69) is 5.32 Å². The van der Waals surface area contributed by atoms with Crippen molar-refractivity contribution >= 4 is 40.7 Å². The number of primary amides is 1. The average molecular weight is 325 g/mol. The Kier molecular flexibility index (Phi) is 4.77. The highest BCUT2D eigenvalue weighted by Crippen LogP contribution is 2.29. The monoisotopic (exact) mass is 324 g/mol. The predicted molar refractivity (Wildman–Crippen MR) is 80.2 cm³/mol. The first-order valence-electron chi connectivity index (χ1n) is 6.00. The number of aromatic nitrogens is 1. The van der Waals surface area contributed by atoms with Gasteiger partial charge in [-0.15, -0.1) is 0 Å². The van der Waals surface area contributed by atoms with E-state index < -0.39 is 5.91 Å². The molecule has 0 saturated heterocycles. The summed E-state index contributed by atoms with van der Waals surface area (Å²) < 4.78 is 1.55. The van der Waals surface area contributed by atoms with Gasteiger partial charge >= 0.3 is 0 Å². The van der Waals surface area contributed by atoms with E-state index >= 15 is 0 Å². The minimum atomic E-state index is -0.553. The molecule has 0 atom stereocenters. The van der Waals surface area contributed by atoms with Crippen LogP contribution in [0, 0.1) is 0 Å². The quantitative estimate of drug-likeness (QED) is 0.844. The lowest BCUT2D eigenvalue weighted by molar-refractivity contribution is -0.684. The van der Waals surface area contributed by atoms with Gasteiger partial charge in [0.05, 0.1) is 15.7 Å². The summed E-state index contributed by atoms with van der Waals surface area (Å²) in [7, 11) is 0. The number of amides is 2. The molecule has 3 N–H and O–H groups in total. The number of nitrogens with zero attached hydrogens (tertiary/aromatic N) is 1. The minimum Gasteiger partial charge on any atom is -0.365 e. The van der Waals surface area contributed by atoms with Crippen molar-refractivity contribution in [3.8, 4) is 0 Å². The van der Waals surface area contributed by atoms with Crippen molar-refractivity contribution in [2.45, 2.75) is 6.54 Å². The molecule has 2 aromatic rings. The average Bonchev–Trinajstić information content (AvgIpc) is 2.44. The van der Waals surface area contributed by atoms with Gasteiger partial charge in [0.25, 0.3) is 11.8 Å². The lowest BCUT2D eigenvalue weighted by atomic mass is 10.2. The maximum absolute atomic E-state index is 12.0. The van der Waals surface area contributed by atoms with Gasteiger partial charge in [0, 0.05) is 6.07 Å². The smallest absolute Gasteiger partial charge is 0.290 e. The summed E-state index contributed by atoms with van der Waals surface area (Å²) in [6.45, 7) is 0.0178.